The molecule has 1 amide bonds. The number of hydrogen-bond donors (Lipinski definition) is 2. The summed E-state index contributed by atoms with van der Waals surface area (Å²) in [5.74, 6) is 3.57. The summed E-state index contributed by atoms with van der Waals surface area (Å²) >= 11 is 0. The lowest BCUT2D eigenvalue weighted by molar-refractivity contribution is -0.0389. The number of amides is 1. The summed E-state index contributed by atoms with van der Waals surface area (Å²) in [6, 6.07) is 10.1. The molecule has 3 N–H and O–H groups in total. The van der Waals surface area contributed by atoms with E-state index in [1.807, 2.05) is 0 Å². The van der Waals surface area contributed by atoms with Crippen LogP contribution in [0.2, 0.25) is 0 Å². The summed E-state index contributed by atoms with van der Waals surface area (Å²) in [6.45, 7) is 0. The van der Waals surface area contributed by atoms with Crippen molar-refractivity contribution in [2.24, 2.45) is 5.84 Å². The maximum atomic E-state index is 12.7. The van der Waals surface area contributed by atoms with Crippen LogP contribution in [0.1, 0.15) is 31.1 Å². The van der Waals surface area contributed by atoms with Gasteiger partial charge in [0, 0.05) is 16.7 Å². The second-order valence-corrected chi connectivity index (χ2v) is 5.65. The number of benzene rings is 2. The maximum absolute atomic E-state index is 12.7. The molecule has 8 heteroatoms. The van der Waals surface area contributed by atoms with Gasteiger partial charge in [0.25, 0.3) is 11.6 Å². The van der Waals surface area contributed by atoms with E-state index in [1.54, 1.807) is 12.1 Å². The van der Waals surface area contributed by atoms with Gasteiger partial charge in [-0.2, -0.15) is 0 Å². The van der Waals surface area contributed by atoms with Gasteiger partial charge in [0.05, 0.1) is 14.2 Å². The summed E-state index contributed by atoms with van der Waals surface area (Å²) in [6.07, 6.45) is 0. The zero-order valence-corrected chi connectivity index (χ0v) is 14.1. The van der Waals surface area contributed by atoms with Gasteiger partial charge in [-0.3, -0.25) is 14.4 Å². The van der Waals surface area contributed by atoms with Gasteiger partial charge >= 0.3 is 0 Å². The lowest BCUT2D eigenvalue weighted by Gasteiger charge is -2.29. The lowest BCUT2D eigenvalue weighted by Crippen LogP contribution is -2.62. The summed E-state index contributed by atoms with van der Waals surface area (Å²) in [5, 5.41) is 11.0. The van der Waals surface area contributed by atoms with Crippen LogP contribution in [-0.2, 0) is 0 Å². The normalized spacial score (nSPS) is 18.5. The minimum Gasteiger partial charge on any atom is -0.497 e. The van der Waals surface area contributed by atoms with Gasteiger partial charge < -0.3 is 14.6 Å². The molecule has 134 valence electrons. The number of carbonyl (C=O) groups is 3. The van der Waals surface area contributed by atoms with Crippen LogP contribution in [0.3, 0.4) is 0 Å². The first-order valence-corrected chi connectivity index (χ1v) is 7.58. The molecule has 0 aliphatic heterocycles. The monoisotopic (exact) mass is 356 g/mol. The standard InChI is InChI=1S/C18H16N2O6/c1-25-11-5-3-4-10(8-11)17(23)20(19)18(24)15(21)13-7-6-12(26-2)9-14(13)16(18)22/h3-9,24H,19H2,1-2H3. The summed E-state index contributed by atoms with van der Waals surface area (Å²) < 4.78 is 10.1. The molecule has 0 aromatic heterocycles. The largest absolute Gasteiger partial charge is 0.497 e. The third-order valence-electron chi connectivity index (χ3n) is 4.23. The van der Waals surface area contributed by atoms with Crippen molar-refractivity contribution in [3.63, 3.8) is 0 Å². The molecule has 2 aromatic rings. The van der Waals surface area contributed by atoms with E-state index in [1.165, 1.54) is 44.6 Å². The molecule has 0 heterocycles. The van der Waals surface area contributed by atoms with Crippen LogP contribution in [0.25, 0.3) is 0 Å². The molecule has 1 unspecified atom stereocenters. The minimum absolute atomic E-state index is 0.0350. The Kier molecular flexibility index (Phi) is 4.23. The molecule has 2 aromatic carbocycles. The number of nitrogens with zero attached hydrogens (tertiary/aromatic N) is 1. The van der Waals surface area contributed by atoms with Crippen molar-refractivity contribution >= 4 is 17.5 Å². The van der Waals surface area contributed by atoms with E-state index in [4.69, 9.17) is 15.3 Å². The summed E-state index contributed by atoms with van der Waals surface area (Å²) in [4.78, 5) is 37.9. The third kappa shape index (κ3) is 2.43. The van der Waals surface area contributed by atoms with Crippen LogP contribution in [0, 0.1) is 0 Å². The number of fused-ring (bicyclic) bond motifs is 1. The first kappa shape index (κ1) is 17.6. The zero-order chi connectivity index (χ0) is 19.1. The van der Waals surface area contributed by atoms with Crippen molar-refractivity contribution in [2.75, 3.05) is 14.2 Å². The number of carbonyl (C=O) groups excluding carboxylic acids is 3. The van der Waals surface area contributed by atoms with Gasteiger partial charge in [-0.15, -0.1) is 0 Å². The fourth-order valence-corrected chi connectivity index (χ4v) is 2.78. The van der Waals surface area contributed by atoms with Crippen molar-refractivity contribution in [3.05, 3.63) is 59.2 Å². The molecular weight excluding hydrogens is 340 g/mol. The van der Waals surface area contributed by atoms with Crippen molar-refractivity contribution in [1.29, 1.82) is 0 Å². The molecule has 1 atom stereocenters. The number of ketones is 2. The van der Waals surface area contributed by atoms with Crippen LogP contribution < -0.4 is 15.3 Å². The first-order valence-electron chi connectivity index (χ1n) is 7.58. The van der Waals surface area contributed by atoms with Crippen LogP contribution in [0.5, 0.6) is 11.5 Å². The quantitative estimate of drug-likeness (QED) is 0.273. The predicted octanol–water partition coefficient (Wildman–Crippen LogP) is 0.788. The highest BCUT2D eigenvalue weighted by molar-refractivity contribution is 6.32. The van der Waals surface area contributed by atoms with Gasteiger partial charge in [-0.1, -0.05) is 6.07 Å². The average molecular weight is 356 g/mol. The smallest absolute Gasteiger partial charge is 0.284 e. The van der Waals surface area contributed by atoms with Crippen LogP contribution in [-0.4, -0.2) is 47.5 Å². The van der Waals surface area contributed by atoms with E-state index < -0.39 is 23.2 Å². The van der Waals surface area contributed by atoms with Crippen molar-refractivity contribution in [2.45, 2.75) is 5.72 Å². The second-order valence-electron chi connectivity index (χ2n) is 5.65. The topological polar surface area (TPSA) is 119 Å². The van der Waals surface area contributed by atoms with Gasteiger partial charge in [0.2, 0.25) is 11.6 Å². The molecule has 0 bridgehead atoms. The molecular formula is C18H16N2O6. The van der Waals surface area contributed by atoms with Crippen LogP contribution in [0.15, 0.2) is 42.5 Å². The Labute approximate surface area is 148 Å². The number of hydrogen-bond acceptors (Lipinski definition) is 7. The van der Waals surface area contributed by atoms with Crippen molar-refractivity contribution in [3.8, 4) is 11.5 Å². The van der Waals surface area contributed by atoms with E-state index in [-0.39, 0.29) is 21.7 Å². The molecule has 0 fully saturated rings. The number of rotatable bonds is 4. The van der Waals surface area contributed by atoms with E-state index in [9.17, 15) is 19.5 Å². The Morgan fingerprint density at radius 1 is 1.00 bits per heavy atom. The van der Waals surface area contributed by atoms with Crippen molar-refractivity contribution < 1.29 is 29.0 Å². The molecule has 0 radical (unpaired) electrons. The third-order valence-corrected chi connectivity index (χ3v) is 4.23. The molecule has 8 nitrogen and oxygen atoms in total. The zero-order valence-electron chi connectivity index (χ0n) is 14.1. The number of hydrazine groups is 1. The van der Waals surface area contributed by atoms with E-state index in [0.717, 1.165) is 0 Å². The first-order chi connectivity index (χ1) is 12.3. The number of methoxy groups -OCH3 is 2. The number of ether oxygens (including phenoxy) is 2. The van der Waals surface area contributed by atoms with E-state index in [2.05, 4.69) is 0 Å². The van der Waals surface area contributed by atoms with Crippen LogP contribution in [0.4, 0.5) is 0 Å². The Morgan fingerprint density at radius 3 is 2.27 bits per heavy atom. The highest BCUT2D eigenvalue weighted by Crippen LogP contribution is 2.34. The number of Topliss-reactive ketones (excluding diaryl/α,β-unsaturated/α-hetero) is 2. The number of aliphatic hydroxyl groups is 1. The molecule has 1 aliphatic rings. The van der Waals surface area contributed by atoms with Crippen LogP contribution >= 0.6 is 0 Å². The Hall–Kier alpha value is -3.23. The Morgan fingerprint density at radius 2 is 1.62 bits per heavy atom. The molecule has 0 saturated carbocycles. The molecule has 0 spiro atoms. The Balaban J connectivity index is 2.00. The maximum Gasteiger partial charge on any atom is 0.284 e. The second kappa shape index (κ2) is 6.25. The van der Waals surface area contributed by atoms with E-state index >= 15 is 0 Å². The molecule has 3 rings (SSSR count). The van der Waals surface area contributed by atoms with E-state index in [0.29, 0.717) is 11.5 Å². The summed E-state index contributed by atoms with van der Waals surface area (Å²) in [7, 11) is 2.82. The Bertz CT molecular complexity index is 926. The fraction of sp³-hybridized carbons (Fsp3) is 0.167. The predicted molar refractivity (Wildman–Crippen MR) is 90.0 cm³/mol. The van der Waals surface area contributed by atoms with Gasteiger partial charge in [0.15, 0.2) is 0 Å². The molecule has 0 saturated heterocycles. The average Bonchev–Trinajstić information content (AvgIpc) is 2.88. The fourth-order valence-electron chi connectivity index (χ4n) is 2.78. The molecule has 1 aliphatic carbocycles. The van der Waals surface area contributed by atoms with Crippen molar-refractivity contribution in [1.82, 2.24) is 5.01 Å². The van der Waals surface area contributed by atoms with Gasteiger partial charge in [-0.05, 0) is 36.4 Å². The highest BCUT2D eigenvalue weighted by Gasteiger charge is 2.57. The SMILES string of the molecule is COc1cccc(C(=O)N(N)C2(O)C(=O)c3ccc(OC)cc3C2=O)c1. The van der Waals surface area contributed by atoms with Gasteiger partial charge in [-0.25, -0.2) is 10.9 Å². The highest BCUT2D eigenvalue weighted by atomic mass is 16.5. The summed E-state index contributed by atoms with van der Waals surface area (Å²) in [5.41, 5.74) is -2.87. The number of nitrogens with two attached hydrogens (primary N) is 1. The minimum atomic E-state index is -2.82. The van der Waals surface area contributed by atoms with Gasteiger partial charge in [0.1, 0.15) is 11.5 Å². The molecule has 26 heavy (non-hydrogen) atoms. The lowest BCUT2D eigenvalue weighted by atomic mass is 10.1.